The predicted octanol–water partition coefficient (Wildman–Crippen LogP) is 5.33. The summed E-state index contributed by atoms with van der Waals surface area (Å²) in [7, 11) is 0. The summed E-state index contributed by atoms with van der Waals surface area (Å²) in [6.07, 6.45) is -3.31. The normalized spacial score (nSPS) is 13.8. The number of carbonyl (C=O) groups excluding carboxylic acids is 2. The third-order valence-electron chi connectivity index (χ3n) is 5.29. The van der Waals surface area contributed by atoms with Gasteiger partial charge in [0.25, 0.3) is 11.8 Å². The molecule has 0 radical (unpaired) electrons. The van der Waals surface area contributed by atoms with Crippen molar-refractivity contribution in [3.05, 3.63) is 69.2 Å². The van der Waals surface area contributed by atoms with E-state index in [1.165, 1.54) is 4.90 Å². The molecule has 0 fully saturated rings. The molecule has 0 bridgehead atoms. The first-order chi connectivity index (χ1) is 14.6. The van der Waals surface area contributed by atoms with Crippen LogP contribution in [0.5, 0.6) is 0 Å². The van der Waals surface area contributed by atoms with E-state index in [4.69, 9.17) is 11.6 Å². The second-order valence-electron chi connectivity index (χ2n) is 8.09. The van der Waals surface area contributed by atoms with E-state index in [9.17, 15) is 22.8 Å². The van der Waals surface area contributed by atoms with Crippen molar-refractivity contribution in [3.8, 4) is 0 Å². The van der Waals surface area contributed by atoms with Gasteiger partial charge in [-0.3, -0.25) is 9.59 Å². The smallest absolute Gasteiger partial charge is 0.352 e. The van der Waals surface area contributed by atoms with Gasteiger partial charge in [0.05, 0.1) is 11.1 Å². The van der Waals surface area contributed by atoms with Crippen molar-refractivity contribution in [1.29, 1.82) is 0 Å². The molecule has 166 valence electrons. The van der Waals surface area contributed by atoms with Crippen LogP contribution in [0, 0.1) is 5.92 Å². The Morgan fingerprint density at radius 3 is 2.55 bits per heavy atom. The Morgan fingerprint density at radius 1 is 1.13 bits per heavy atom. The lowest BCUT2D eigenvalue weighted by Gasteiger charge is -2.30. The molecule has 3 rings (SSSR count). The summed E-state index contributed by atoms with van der Waals surface area (Å²) in [5.74, 6) is -0.378. The second-order valence-corrected chi connectivity index (χ2v) is 8.52. The summed E-state index contributed by atoms with van der Waals surface area (Å²) in [6.45, 7) is 5.19. The van der Waals surface area contributed by atoms with Crippen molar-refractivity contribution in [1.82, 2.24) is 10.2 Å². The van der Waals surface area contributed by atoms with E-state index >= 15 is 0 Å². The Morgan fingerprint density at radius 2 is 1.87 bits per heavy atom. The number of carbonyl (C=O) groups is 2. The first-order valence-corrected chi connectivity index (χ1v) is 10.5. The zero-order valence-corrected chi connectivity index (χ0v) is 18.1. The van der Waals surface area contributed by atoms with Crippen LogP contribution in [-0.4, -0.2) is 29.8 Å². The van der Waals surface area contributed by atoms with Gasteiger partial charge in [-0.2, -0.15) is 13.2 Å². The molecule has 2 amide bonds. The minimum Gasteiger partial charge on any atom is -0.352 e. The summed E-state index contributed by atoms with van der Waals surface area (Å²) in [5, 5.41) is 2.96. The fourth-order valence-electron chi connectivity index (χ4n) is 3.55. The maximum absolute atomic E-state index is 13.3. The lowest BCUT2D eigenvalue weighted by Crippen LogP contribution is -2.37. The third-order valence-corrected chi connectivity index (χ3v) is 5.53. The van der Waals surface area contributed by atoms with Gasteiger partial charge in [0.15, 0.2) is 0 Å². The first-order valence-electron chi connectivity index (χ1n) is 10.1. The standard InChI is InChI=1S/C23H24ClF3N2O2/c1-14(2)7-9-28-21(30)16-3-4-17-13-29(10-8-15(17)11-16)22(31)19-12-18(24)5-6-20(19)23(25,26)27/h3-6,11-12,14H,7-10,13H2,1-2H3,(H,28,30). The molecule has 0 spiro atoms. The maximum Gasteiger partial charge on any atom is 0.417 e. The zero-order valence-electron chi connectivity index (χ0n) is 17.4. The highest BCUT2D eigenvalue weighted by Gasteiger charge is 2.36. The van der Waals surface area contributed by atoms with Crippen LogP contribution in [0.4, 0.5) is 13.2 Å². The van der Waals surface area contributed by atoms with Gasteiger partial charge in [-0.1, -0.05) is 31.5 Å². The average Bonchev–Trinajstić information content (AvgIpc) is 2.71. The maximum atomic E-state index is 13.3. The Bertz CT molecular complexity index is 989. The number of alkyl halides is 3. The van der Waals surface area contributed by atoms with Crippen molar-refractivity contribution >= 4 is 23.4 Å². The molecule has 0 atom stereocenters. The molecule has 4 nitrogen and oxygen atoms in total. The Labute approximate surface area is 184 Å². The average molecular weight is 453 g/mol. The monoisotopic (exact) mass is 452 g/mol. The Kier molecular flexibility index (Phi) is 6.94. The van der Waals surface area contributed by atoms with E-state index in [2.05, 4.69) is 19.2 Å². The molecule has 1 aliphatic rings. The topological polar surface area (TPSA) is 49.4 Å². The molecule has 2 aromatic carbocycles. The lowest BCUT2D eigenvalue weighted by atomic mass is 9.96. The van der Waals surface area contributed by atoms with Gasteiger partial charge >= 0.3 is 6.18 Å². The zero-order chi connectivity index (χ0) is 22.8. The van der Waals surface area contributed by atoms with E-state index in [-0.39, 0.29) is 24.0 Å². The van der Waals surface area contributed by atoms with Crippen LogP contribution in [0.3, 0.4) is 0 Å². The number of nitrogens with zero attached hydrogens (tertiary/aromatic N) is 1. The number of halogens is 4. The summed E-state index contributed by atoms with van der Waals surface area (Å²) in [5.41, 5.74) is 0.818. The highest BCUT2D eigenvalue weighted by molar-refractivity contribution is 6.31. The van der Waals surface area contributed by atoms with Gasteiger partial charge < -0.3 is 10.2 Å². The molecule has 1 heterocycles. The molecule has 0 saturated carbocycles. The fourth-order valence-corrected chi connectivity index (χ4v) is 3.73. The number of benzene rings is 2. The minimum atomic E-state index is -4.65. The van der Waals surface area contributed by atoms with Crippen LogP contribution in [0.1, 0.15) is 57.7 Å². The molecule has 0 unspecified atom stereocenters. The van der Waals surface area contributed by atoms with Crippen molar-refractivity contribution in [2.24, 2.45) is 5.92 Å². The number of amides is 2. The largest absolute Gasteiger partial charge is 0.417 e. The van der Waals surface area contributed by atoms with Crippen LogP contribution in [0.2, 0.25) is 5.02 Å². The van der Waals surface area contributed by atoms with Gasteiger partial charge in [-0.05, 0) is 60.2 Å². The number of hydrogen-bond donors (Lipinski definition) is 1. The number of nitrogens with one attached hydrogen (secondary N) is 1. The van der Waals surface area contributed by atoms with Crippen LogP contribution < -0.4 is 5.32 Å². The molecule has 31 heavy (non-hydrogen) atoms. The SMILES string of the molecule is CC(C)CCNC(=O)c1ccc2c(c1)CCN(C(=O)c1cc(Cl)ccc1C(F)(F)F)C2. The van der Waals surface area contributed by atoms with Crippen LogP contribution in [0.25, 0.3) is 0 Å². The van der Waals surface area contributed by atoms with E-state index in [0.29, 0.717) is 24.4 Å². The molecule has 1 N–H and O–H groups in total. The molecule has 0 aromatic heterocycles. The van der Waals surface area contributed by atoms with E-state index in [1.54, 1.807) is 18.2 Å². The second kappa shape index (κ2) is 9.30. The van der Waals surface area contributed by atoms with Crippen molar-refractivity contribution < 1.29 is 22.8 Å². The predicted molar refractivity (Wildman–Crippen MR) is 113 cm³/mol. The summed E-state index contributed by atoms with van der Waals surface area (Å²) >= 11 is 5.86. The highest BCUT2D eigenvalue weighted by Crippen LogP contribution is 2.34. The van der Waals surface area contributed by atoms with E-state index < -0.39 is 23.2 Å². The molecule has 8 heteroatoms. The molecular weight excluding hydrogens is 429 g/mol. The van der Waals surface area contributed by atoms with Gasteiger partial charge in [-0.25, -0.2) is 0 Å². The molecule has 1 aliphatic heterocycles. The van der Waals surface area contributed by atoms with E-state index in [0.717, 1.165) is 35.7 Å². The number of hydrogen-bond acceptors (Lipinski definition) is 2. The first kappa shape index (κ1) is 23.1. The Hall–Kier alpha value is -2.54. The number of fused-ring (bicyclic) bond motifs is 1. The molecule has 2 aromatic rings. The van der Waals surface area contributed by atoms with Crippen molar-refractivity contribution in [3.63, 3.8) is 0 Å². The van der Waals surface area contributed by atoms with Crippen LogP contribution in [0.15, 0.2) is 36.4 Å². The summed E-state index contributed by atoms with van der Waals surface area (Å²) < 4.78 is 40.0. The van der Waals surface area contributed by atoms with E-state index in [1.807, 2.05) is 0 Å². The molecule has 0 aliphatic carbocycles. The minimum absolute atomic E-state index is 0.0712. The summed E-state index contributed by atoms with van der Waals surface area (Å²) in [4.78, 5) is 26.6. The lowest BCUT2D eigenvalue weighted by molar-refractivity contribution is -0.138. The number of rotatable bonds is 5. The van der Waals surface area contributed by atoms with Crippen molar-refractivity contribution in [2.75, 3.05) is 13.1 Å². The molecular formula is C23H24ClF3N2O2. The van der Waals surface area contributed by atoms with Gasteiger partial charge in [0.1, 0.15) is 0 Å². The highest BCUT2D eigenvalue weighted by atomic mass is 35.5. The van der Waals surface area contributed by atoms with Gasteiger partial charge in [0, 0.05) is 30.2 Å². The van der Waals surface area contributed by atoms with Crippen LogP contribution in [-0.2, 0) is 19.1 Å². The third kappa shape index (κ3) is 5.58. The van der Waals surface area contributed by atoms with Gasteiger partial charge in [-0.15, -0.1) is 0 Å². The Balaban J connectivity index is 1.75. The van der Waals surface area contributed by atoms with Crippen LogP contribution >= 0.6 is 11.6 Å². The summed E-state index contributed by atoms with van der Waals surface area (Å²) in [6, 6.07) is 8.25. The molecule has 0 saturated heterocycles. The van der Waals surface area contributed by atoms with Gasteiger partial charge in [0.2, 0.25) is 0 Å². The quantitative estimate of drug-likeness (QED) is 0.666. The fraction of sp³-hybridized carbons (Fsp3) is 0.391. The van der Waals surface area contributed by atoms with Crippen molar-refractivity contribution in [2.45, 2.75) is 39.4 Å².